The lowest BCUT2D eigenvalue weighted by atomic mass is 10.1. The molecule has 3 nitrogen and oxygen atoms in total. The normalized spacial score (nSPS) is 35.0. The molecule has 0 bridgehead atoms. The Hall–Kier alpha value is -0.220. The SMILES string of the molecule is CCNC1CCN(CC2(C)CCCS2)C1=O. The summed E-state index contributed by atoms with van der Waals surface area (Å²) in [4.78, 5) is 14.1. The van der Waals surface area contributed by atoms with Crippen molar-refractivity contribution in [3.63, 3.8) is 0 Å². The van der Waals surface area contributed by atoms with Gasteiger partial charge in [0.2, 0.25) is 5.91 Å². The number of nitrogens with zero attached hydrogens (tertiary/aromatic N) is 1. The molecule has 0 aromatic carbocycles. The van der Waals surface area contributed by atoms with Crippen molar-refractivity contribution < 1.29 is 4.79 Å². The maximum atomic E-state index is 12.1. The minimum absolute atomic E-state index is 0.0833. The van der Waals surface area contributed by atoms with E-state index in [1.54, 1.807) is 0 Å². The first-order valence-electron chi connectivity index (χ1n) is 6.31. The van der Waals surface area contributed by atoms with Gasteiger partial charge >= 0.3 is 0 Å². The van der Waals surface area contributed by atoms with E-state index < -0.39 is 0 Å². The van der Waals surface area contributed by atoms with Crippen LogP contribution in [-0.4, -0.2) is 47.0 Å². The van der Waals surface area contributed by atoms with Crippen LogP contribution >= 0.6 is 11.8 Å². The molecule has 0 saturated carbocycles. The average Bonchev–Trinajstić information content (AvgIpc) is 2.80. The number of amides is 1. The number of carbonyl (C=O) groups excluding carboxylic acids is 1. The molecule has 1 amide bonds. The maximum absolute atomic E-state index is 12.1. The van der Waals surface area contributed by atoms with E-state index in [9.17, 15) is 4.79 Å². The summed E-state index contributed by atoms with van der Waals surface area (Å²) in [5.74, 6) is 1.57. The number of rotatable bonds is 4. The molecule has 2 aliphatic rings. The molecule has 2 saturated heterocycles. The molecule has 4 heteroatoms. The third-order valence-electron chi connectivity index (χ3n) is 3.57. The molecular formula is C12H22N2OS. The van der Waals surface area contributed by atoms with Gasteiger partial charge in [0.1, 0.15) is 0 Å². The zero-order valence-electron chi connectivity index (χ0n) is 10.3. The number of likely N-dealkylation sites (tertiary alicyclic amines) is 1. The first-order chi connectivity index (χ1) is 7.64. The largest absolute Gasteiger partial charge is 0.340 e. The Kier molecular flexibility index (Phi) is 3.80. The van der Waals surface area contributed by atoms with E-state index in [-0.39, 0.29) is 6.04 Å². The third-order valence-corrected chi connectivity index (χ3v) is 5.10. The summed E-state index contributed by atoms with van der Waals surface area (Å²) in [5.41, 5.74) is 0. The van der Waals surface area contributed by atoms with E-state index in [1.807, 2.05) is 11.8 Å². The Morgan fingerprint density at radius 3 is 3.06 bits per heavy atom. The van der Waals surface area contributed by atoms with Crippen LogP contribution in [0.5, 0.6) is 0 Å². The lowest BCUT2D eigenvalue weighted by Gasteiger charge is -2.29. The van der Waals surface area contributed by atoms with Crippen LogP contribution in [0.15, 0.2) is 0 Å². The molecule has 2 unspecified atom stereocenters. The lowest BCUT2D eigenvalue weighted by Crippen LogP contribution is -2.43. The molecule has 2 aliphatic heterocycles. The fourth-order valence-corrected chi connectivity index (χ4v) is 4.01. The van der Waals surface area contributed by atoms with Crippen LogP contribution in [0.3, 0.4) is 0 Å². The summed E-state index contributed by atoms with van der Waals surface area (Å²) in [7, 11) is 0. The molecule has 2 fully saturated rings. The van der Waals surface area contributed by atoms with Gasteiger partial charge in [-0.05, 0) is 38.5 Å². The molecule has 0 spiro atoms. The molecular weight excluding hydrogens is 220 g/mol. The molecule has 1 N–H and O–H groups in total. The van der Waals surface area contributed by atoms with E-state index in [1.165, 1.54) is 18.6 Å². The second kappa shape index (κ2) is 4.96. The summed E-state index contributed by atoms with van der Waals surface area (Å²) in [5, 5.41) is 3.26. The van der Waals surface area contributed by atoms with Crippen molar-refractivity contribution in [2.24, 2.45) is 0 Å². The van der Waals surface area contributed by atoms with Crippen LogP contribution in [0.25, 0.3) is 0 Å². The predicted molar refractivity (Wildman–Crippen MR) is 68.8 cm³/mol. The second-order valence-corrected chi connectivity index (χ2v) is 6.74. The van der Waals surface area contributed by atoms with Gasteiger partial charge in [0.15, 0.2) is 0 Å². The Labute approximate surface area is 102 Å². The van der Waals surface area contributed by atoms with Gasteiger partial charge in [-0.1, -0.05) is 6.92 Å². The highest BCUT2D eigenvalue weighted by atomic mass is 32.2. The van der Waals surface area contributed by atoms with E-state index in [0.29, 0.717) is 10.7 Å². The van der Waals surface area contributed by atoms with Gasteiger partial charge in [-0.3, -0.25) is 4.79 Å². The highest BCUT2D eigenvalue weighted by molar-refractivity contribution is 8.00. The zero-order chi connectivity index (χ0) is 11.6. The highest BCUT2D eigenvalue weighted by Gasteiger charge is 2.37. The fraction of sp³-hybridized carbons (Fsp3) is 0.917. The van der Waals surface area contributed by atoms with Crippen LogP contribution in [0.1, 0.15) is 33.1 Å². The predicted octanol–water partition coefficient (Wildman–Crippen LogP) is 1.48. The summed E-state index contributed by atoms with van der Waals surface area (Å²) < 4.78 is 0.316. The number of hydrogen-bond acceptors (Lipinski definition) is 3. The summed E-state index contributed by atoms with van der Waals surface area (Å²) in [6, 6.07) is 0.0833. The van der Waals surface area contributed by atoms with Gasteiger partial charge < -0.3 is 10.2 Å². The molecule has 92 valence electrons. The van der Waals surface area contributed by atoms with Gasteiger partial charge in [0.25, 0.3) is 0 Å². The monoisotopic (exact) mass is 242 g/mol. The fourth-order valence-electron chi connectivity index (χ4n) is 2.70. The smallest absolute Gasteiger partial charge is 0.239 e. The van der Waals surface area contributed by atoms with Crippen LogP contribution in [0, 0.1) is 0 Å². The zero-order valence-corrected chi connectivity index (χ0v) is 11.1. The van der Waals surface area contributed by atoms with E-state index in [0.717, 1.165) is 26.1 Å². The first kappa shape index (κ1) is 12.2. The molecule has 2 atom stereocenters. The van der Waals surface area contributed by atoms with Crippen molar-refractivity contribution >= 4 is 17.7 Å². The minimum atomic E-state index is 0.0833. The average molecular weight is 242 g/mol. The first-order valence-corrected chi connectivity index (χ1v) is 7.29. The summed E-state index contributed by atoms with van der Waals surface area (Å²) in [6.07, 6.45) is 3.54. The second-order valence-electron chi connectivity index (χ2n) is 5.06. The molecule has 0 aliphatic carbocycles. The number of carbonyl (C=O) groups is 1. The van der Waals surface area contributed by atoms with Crippen molar-refractivity contribution in [2.75, 3.05) is 25.4 Å². The highest BCUT2D eigenvalue weighted by Crippen LogP contribution is 2.38. The third kappa shape index (κ3) is 2.54. The Morgan fingerprint density at radius 2 is 2.44 bits per heavy atom. The minimum Gasteiger partial charge on any atom is -0.340 e. The van der Waals surface area contributed by atoms with Gasteiger partial charge in [-0.2, -0.15) is 11.8 Å². The van der Waals surface area contributed by atoms with E-state index in [4.69, 9.17) is 0 Å². The topological polar surface area (TPSA) is 32.3 Å². The van der Waals surface area contributed by atoms with Crippen LogP contribution in [0.2, 0.25) is 0 Å². The molecule has 16 heavy (non-hydrogen) atoms. The molecule has 0 aromatic rings. The van der Waals surface area contributed by atoms with Crippen molar-refractivity contribution in [1.29, 1.82) is 0 Å². The summed E-state index contributed by atoms with van der Waals surface area (Å²) in [6.45, 7) is 7.13. The van der Waals surface area contributed by atoms with Crippen LogP contribution < -0.4 is 5.32 Å². The van der Waals surface area contributed by atoms with Crippen LogP contribution in [-0.2, 0) is 4.79 Å². The number of likely N-dealkylation sites (N-methyl/N-ethyl adjacent to an activating group) is 1. The van der Waals surface area contributed by atoms with Gasteiger partial charge in [0.05, 0.1) is 6.04 Å². The maximum Gasteiger partial charge on any atom is 0.239 e. The molecule has 0 radical (unpaired) electrons. The Bertz CT molecular complexity index is 264. The van der Waals surface area contributed by atoms with Gasteiger partial charge in [-0.15, -0.1) is 0 Å². The molecule has 0 aromatic heterocycles. The standard InChI is InChI=1S/C12H22N2OS/c1-3-13-10-5-7-14(11(10)15)9-12(2)6-4-8-16-12/h10,13H,3-9H2,1-2H3. The van der Waals surface area contributed by atoms with Crippen molar-refractivity contribution in [2.45, 2.75) is 43.9 Å². The summed E-state index contributed by atoms with van der Waals surface area (Å²) >= 11 is 2.03. The quantitative estimate of drug-likeness (QED) is 0.810. The Balaban J connectivity index is 1.89. The van der Waals surface area contributed by atoms with Crippen molar-refractivity contribution in [3.8, 4) is 0 Å². The van der Waals surface area contributed by atoms with Gasteiger partial charge in [-0.25, -0.2) is 0 Å². The number of nitrogens with one attached hydrogen (secondary N) is 1. The van der Waals surface area contributed by atoms with Crippen LogP contribution in [0.4, 0.5) is 0 Å². The van der Waals surface area contributed by atoms with E-state index >= 15 is 0 Å². The number of thioether (sulfide) groups is 1. The van der Waals surface area contributed by atoms with E-state index in [2.05, 4.69) is 24.1 Å². The van der Waals surface area contributed by atoms with Gasteiger partial charge in [0, 0.05) is 17.8 Å². The number of hydrogen-bond donors (Lipinski definition) is 1. The van der Waals surface area contributed by atoms with Crippen molar-refractivity contribution in [1.82, 2.24) is 10.2 Å². The molecule has 2 heterocycles. The lowest BCUT2D eigenvalue weighted by molar-refractivity contribution is -0.129. The Morgan fingerprint density at radius 1 is 1.62 bits per heavy atom. The molecule has 2 rings (SSSR count). The van der Waals surface area contributed by atoms with Crippen molar-refractivity contribution in [3.05, 3.63) is 0 Å².